The van der Waals surface area contributed by atoms with Gasteiger partial charge in [-0.05, 0) is 24.1 Å². The van der Waals surface area contributed by atoms with E-state index in [4.69, 9.17) is 0 Å². The second-order valence-corrected chi connectivity index (χ2v) is 4.45. The van der Waals surface area contributed by atoms with E-state index in [1.54, 1.807) is 0 Å². The summed E-state index contributed by atoms with van der Waals surface area (Å²) in [5.74, 6) is -1.33. The van der Waals surface area contributed by atoms with Gasteiger partial charge in [0.15, 0.2) is 5.82 Å². The van der Waals surface area contributed by atoms with Crippen LogP contribution in [0.25, 0.3) is 0 Å². The first-order valence-electron chi connectivity index (χ1n) is 6.04. The van der Waals surface area contributed by atoms with E-state index in [0.29, 0.717) is 11.1 Å². The molecule has 0 bridgehead atoms. The minimum atomic E-state index is -2.52. The predicted molar refractivity (Wildman–Crippen MR) is 69.8 cm³/mol. The highest BCUT2D eigenvalue weighted by Crippen LogP contribution is 2.23. The summed E-state index contributed by atoms with van der Waals surface area (Å²) in [5.41, 5.74) is 0.709. The maximum Gasteiger partial charge on any atom is 0.263 e. The van der Waals surface area contributed by atoms with Crippen LogP contribution in [0.2, 0.25) is 0 Å². The van der Waals surface area contributed by atoms with Crippen LogP contribution in [0.4, 0.5) is 23.2 Å². The van der Waals surface area contributed by atoms with Crippen molar-refractivity contribution in [3.05, 3.63) is 64.7 Å². The van der Waals surface area contributed by atoms with Crippen molar-refractivity contribution in [2.75, 3.05) is 5.32 Å². The van der Waals surface area contributed by atoms with Gasteiger partial charge in [0.25, 0.3) is 6.43 Å². The first-order chi connectivity index (χ1) is 9.49. The highest BCUT2D eigenvalue weighted by Gasteiger charge is 2.11. The summed E-state index contributed by atoms with van der Waals surface area (Å²) >= 11 is 0. The third-order valence-corrected chi connectivity index (χ3v) is 2.99. The number of benzene rings is 2. The molecule has 1 N–H and O–H groups in total. The number of aryl methyl sites for hydroxylation is 1. The molecule has 0 atom stereocenters. The third kappa shape index (κ3) is 3.10. The molecule has 2 rings (SSSR count). The first kappa shape index (κ1) is 14.4. The lowest BCUT2D eigenvalue weighted by Gasteiger charge is -2.10. The fourth-order valence-electron chi connectivity index (χ4n) is 1.79. The summed E-state index contributed by atoms with van der Waals surface area (Å²) in [4.78, 5) is 0. The average Bonchev–Trinajstić information content (AvgIpc) is 2.43. The van der Waals surface area contributed by atoms with Gasteiger partial charge in [0.2, 0.25) is 0 Å². The molecule has 0 aliphatic rings. The van der Waals surface area contributed by atoms with Crippen LogP contribution in [-0.2, 0) is 6.54 Å². The van der Waals surface area contributed by atoms with Gasteiger partial charge in [-0.25, -0.2) is 17.6 Å². The maximum atomic E-state index is 13.7. The van der Waals surface area contributed by atoms with Crippen molar-refractivity contribution < 1.29 is 17.6 Å². The van der Waals surface area contributed by atoms with E-state index in [1.165, 1.54) is 43.3 Å². The van der Waals surface area contributed by atoms with Crippen molar-refractivity contribution in [1.29, 1.82) is 0 Å². The average molecular weight is 283 g/mol. The molecule has 106 valence electrons. The molecule has 0 fully saturated rings. The summed E-state index contributed by atoms with van der Waals surface area (Å²) in [6.45, 7) is 1.69. The molecule has 0 aliphatic carbocycles. The SMILES string of the molecule is Cc1ccc(F)c(NCc2ccc(C(F)F)cc2)c1F. The summed E-state index contributed by atoms with van der Waals surface area (Å²) in [6, 6.07) is 8.13. The lowest BCUT2D eigenvalue weighted by molar-refractivity contribution is 0.151. The van der Waals surface area contributed by atoms with Gasteiger partial charge in [0, 0.05) is 12.1 Å². The lowest BCUT2D eigenvalue weighted by atomic mass is 10.1. The van der Waals surface area contributed by atoms with Crippen molar-refractivity contribution in [2.24, 2.45) is 0 Å². The quantitative estimate of drug-likeness (QED) is 0.793. The minimum Gasteiger partial charge on any atom is -0.376 e. The molecule has 0 saturated carbocycles. The molecular weight excluding hydrogens is 270 g/mol. The number of halogens is 4. The van der Waals surface area contributed by atoms with E-state index >= 15 is 0 Å². The Bertz CT molecular complexity index is 594. The van der Waals surface area contributed by atoms with Gasteiger partial charge in [-0.2, -0.15) is 0 Å². The van der Waals surface area contributed by atoms with Gasteiger partial charge < -0.3 is 5.32 Å². The van der Waals surface area contributed by atoms with E-state index in [0.717, 1.165) is 0 Å². The van der Waals surface area contributed by atoms with E-state index in [9.17, 15) is 17.6 Å². The Morgan fingerprint density at radius 2 is 1.65 bits per heavy atom. The number of rotatable bonds is 4. The molecule has 0 heterocycles. The Labute approximate surface area is 114 Å². The highest BCUT2D eigenvalue weighted by atomic mass is 19.3. The molecule has 2 aromatic carbocycles. The molecule has 0 radical (unpaired) electrons. The number of nitrogens with one attached hydrogen (secondary N) is 1. The van der Waals surface area contributed by atoms with Crippen LogP contribution >= 0.6 is 0 Å². The van der Waals surface area contributed by atoms with Crippen molar-refractivity contribution in [3.8, 4) is 0 Å². The van der Waals surface area contributed by atoms with Crippen LogP contribution in [0.3, 0.4) is 0 Å². The summed E-state index contributed by atoms with van der Waals surface area (Å²) in [7, 11) is 0. The van der Waals surface area contributed by atoms with Gasteiger partial charge in [0.1, 0.15) is 11.5 Å². The van der Waals surface area contributed by atoms with Crippen LogP contribution in [0, 0.1) is 18.6 Å². The van der Waals surface area contributed by atoms with Crippen molar-refractivity contribution >= 4 is 5.69 Å². The van der Waals surface area contributed by atoms with Crippen molar-refractivity contribution in [2.45, 2.75) is 19.9 Å². The third-order valence-electron chi connectivity index (χ3n) is 2.99. The van der Waals surface area contributed by atoms with Gasteiger partial charge in [-0.15, -0.1) is 0 Å². The molecule has 0 saturated heterocycles. The van der Waals surface area contributed by atoms with E-state index in [2.05, 4.69) is 5.32 Å². The number of alkyl halides is 2. The molecule has 1 nitrogen and oxygen atoms in total. The predicted octanol–water partition coefficient (Wildman–Crippen LogP) is 4.82. The fourth-order valence-corrected chi connectivity index (χ4v) is 1.79. The Kier molecular flexibility index (Phi) is 4.27. The Morgan fingerprint density at radius 1 is 1.00 bits per heavy atom. The first-order valence-corrected chi connectivity index (χ1v) is 6.04. The Hall–Kier alpha value is -2.04. The van der Waals surface area contributed by atoms with Crippen LogP contribution in [0.5, 0.6) is 0 Å². The van der Waals surface area contributed by atoms with Gasteiger partial charge in [0.05, 0.1) is 0 Å². The van der Waals surface area contributed by atoms with Crippen molar-refractivity contribution in [3.63, 3.8) is 0 Å². The van der Waals surface area contributed by atoms with Crippen LogP contribution in [-0.4, -0.2) is 0 Å². The molecule has 0 aromatic heterocycles. The standard InChI is InChI=1S/C15H13F4N/c1-9-2-7-12(16)14(13(9)17)20-8-10-3-5-11(6-4-10)15(18)19/h2-7,15,20H,8H2,1H3. The summed E-state index contributed by atoms with van der Waals surface area (Å²) in [5, 5.41) is 2.65. The van der Waals surface area contributed by atoms with E-state index in [-0.39, 0.29) is 17.8 Å². The smallest absolute Gasteiger partial charge is 0.263 e. The lowest BCUT2D eigenvalue weighted by Crippen LogP contribution is -2.05. The molecule has 0 spiro atoms. The molecule has 0 amide bonds. The summed E-state index contributed by atoms with van der Waals surface area (Å²) < 4.78 is 52.0. The number of hydrogen-bond acceptors (Lipinski definition) is 1. The number of anilines is 1. The van der Waals surface area contributed by atoms with Crippen LogP contribution in [0.1, 0.15) is 23.1 Å². The van der Waals surface area contributed by atoms with Crippen LogP contribution in [0.15, 0.2) is 36.4 Å². The summed E-state index contributed by atoms with van der Waals surface area (Å²) in [6.07, 6.45) is -2.52. The monoisotopic (exact) mass is 283 g/mol. The highest BCUT2D eigenvalue weighted by molar-refractivity contribution is 5.49. The molecule has 2 aromatic rings. The zero-order valence-corrected chi connectivity index (χ0v) is 10.8. The largest absolute Gasteiger partial charge is 0.376 e. The van der Waals surface area contributed by atoms with Gasteiger partial charge in [-0.3, -0.25) is 0 Å². The topological polar surface area (TPSA) is 12.0 Å². The zero-order valence-electron chi connectivity index (χ0n) is 10.8. The Morgan fingerprint density at radius 3 is 2.25 bits per heavy atom. The molecule has 0 aliphatic heterocycles. The van der Waals surface area contributed by atoms with Gasteiger partial charge in [-0.1, -0.05) is 30.3 Å². The molecule has 5 heteroatoms. The second kappa shape index (κ2) is 5.94. The molecule has 20 heavy (non-hydrogen) atoms. The van der Waals surface area contributed by atoms with E-state index in [1.807, 2.05) is 0 Å². The normalized spacial score (nSPS) is 10.9. The second-order valence-electron chi connectivity index (χ2n) is 4.45. The zero-order chi connectivity index (χ0) is 14.7. The Balaban J connectivity index is 2.11. The van der Waals surface area contributed by atoms with E-state index < -0.39 is 18.1 Å². The van der Waals surface area contributed by atoms with Crippen molar-refractivity contribution in [1.82, 2.24) is 0 Å². The van der Waals surface area contributed by atoms with Gasteiger partial charge >= 0.3 is 0 Å². The maximum absolute atomic E-state index is 13.7. The molecular formula is C15H13F4N. The molecule has 0 unspecified atom stereocenters. The fraction of sp³-hybridized carbons (Fsp3) is 0.200. The number of hydrogen-bond donors (Lipinski definition) is 1. The van der Waals surface area contributed by atoms with Crippen LogP contribution < -0.4 is 5.32 Å². The minimum absolute atomic E-state index is 0.0818.